The van der Waals surface area contributed by atoms with E-state index in [1.54, 1.807) is 6.07 Å². The summed E-state index contributed by atoms with van der Waals surface area (Å²) in [5, 5.41) is 4.46. The highest BCUT2D eigenvalue weighted by Gasteiger charge is 1.97. The molecule has 0 amide bonds. The Morgan fingerprint density at radius 3 is 2.78 bits per heavy atom. The van der Waals surface area contributed by atoms with E-state index in [2.05, 4.69) is 27.6 Å². The molecule has 1 heterocycles. The zero-order valence-electron chi connectivity index (χ0n) is 4.51. The van der Waals surface area contributed by atoms with Crippen LogP contribution in [-0.2, 0) is 0 Å². The number of rotatable bonds is 1. The third-order valence-electron chi connectivity index (χ3n) is 0.833. The molecule has 48 valence electrons. The molecule has 4 heteroatoms. The van der Waals surface area contributed by atoms with Gasteiger partial charge in [0.05, 0.1) is 0 Å². The molecule has 1 aromatic rings. The average molecular weight is 207 g/mol. The van der Waals surface area contributed by atoms with Crippen molar-refractivity contribution >= 4 is 33.7 Å². The highest BCUT2D eigenvalue weighted by Crippen LogP contribution is 2.14. The molecular formula is C5H4BrClN2. The first-order valence-corrected chi connectivity index (χ1v) is 3.44. The van der Waals surface area contributed by atoms with E-state index in [4.69, 9.17) is 11.6 Å². The lowest BCUT2D eigenvalue weighted by atomic mass is 10.7. The molecule has 1 aromatic heterocycles. The molecule has 0 atom stereocenters. The van der Waals surface area contributed by atoms with Crippen LogP contribution in [0.4, 0.5) is 0 Å². The summed E-state index contributed by atoms with van der Waals surface area (Å²) in [6, 6.07) is 1.70. The normalized spacial score (nSPS) is 9.56. The second-order valence-corrected chi connectivity index (χ2v) is 2.62. The Morgan fingerprint density at radius 2 is 2.56 bits per heavy atom. The Morgan fingerprint density at radius 1 is 1.89 bits per heavy atom. The molecular weight excluding hydrogens is 203 g/mol. The topological polar surface area (TPSA) is 17.8 Å². The van der Waals surface area contributed by atoms with Crippen molar-refractivity contribution in [3.8, 4) is 0 Å². The Labute approximate surface area is 66.2 Å². The average Bonchev–Trinajstić information content (AvgIpc) is 2.10. The van der Waals surface area contributed by atoms with Crippen molar-refractivity contribution in [2.75, 3.05) is 0 Å². The molecule has 0 saturated carbocycles. The van der Waals surface area contributed by atoms with Crippen LogP contribution in [0.5, 0.6) is 0 Å². The second kappa shape index (κ2) is 2.54. The first-order valence-electron chi connectivity index (χ1n) is 2.27. The highest BCUT2D eigenvalue weighted by atomic mass is 79.9. The lowest BCUT2D eigenvalue weighted by Crippen LogP contribution is -1.85. The van der Waals surface area contributed by atoms with Gasteiger partial charge in [0.1, 0.15) is 9.76 Å². The van der Waals surface area contributed by atoms with Crippen LogP contribution in [0, 0.1) is 0 Å². The van der Waals surface area contributed by atoms with E-state index in [0.717, 1.165) is 0 Å². The van der Waals surface area contributed by atoms with E-state index in [1.165, 1.54) is 10.9 Å². The maximum absolute atomic E-state index is 5.64. The molecule has 0 unspecified atom stereocenters. The smallest absolute Gasteiger partial charge is 0.133 e. The van der Waals surface area contributed by atoms with E-state index in [0.29, 0.717) is 9.76 Å². The molecule has 0 aliphatic rings. The van der Waals surface area contributed by atoms with E-state index in [9.17, 15) is 0 Å². The van der Waals surface area contributed by atoms with Crippen molar-refractivity contribution in [3.63, 3.8) is 0 Å². The fourth-order valence-electron chi connectivity index (χ4n) is 0.472. The standard InChI is InChI=1S/C5H4BrClN2/c1-2-9-5(7)3-4(6)8-9/h2-3H,1H2. The monoisotopic (exact) mass is 206 g/mol. The lowest BCUT2D eigenvalue weighted by molar-refractivity contribution is 0.925. The molecule has 0 aliphatic heterocycles. The van der Waals surface area contributed by atoms with Gasteiger partial charge in [0, 0.05) is 12.3 Å². The largest absolute Gasteiger partial charge is 0.229 e. The van der Waals surface area contributed by atoms with Crippen molar-refractivity contribution in [2.24, 2.45) is 0 Å². The summed E-state index contributed by atoms with van der Waals surface area (Å²) >= 11 is 8.80. The number of hydrogen-bond donors (Lipinski definition) is 0. The van der Waals surface area contributed by atoms with Gasteiger partial charge in [-0.1, -0.05) is 18.2 Å². The van der Waals surface area contributed by atoms with Gasteiger partial charge in [0.2, 0.25) is 0 Å². The predicted molar refractivity (Wildman–Crippen MR) is 41.3 cm³/mol. The maximum Gasteiger partial charge on any atom is 0.133 e. The van der Waals surface area contributed by atoms with Crippen LogP contribution in [0.25, 0.3) is 6.20 Å². The van der Waals surface area contributed by atoms with Crippen molar-refractivity contribution in [1.82, 2.24) is 9.78 Å². The molecule has 0 radical (unpaired) electrons. The minimum Gasteiger partial charge on any atom is -0.229 e. The SMILES string of the molecule is C=Cn1nc(Br)cc1Cl. The number of halogens is 2. The van der Waals surface area contributed by atoms with Crippen LogP contribution in [0.15, 0.2) is 17.2 Å². The van der Waals surface area contributed by atoms with Gasteiger partial charge in [-0.25, -0.2) is 4.68 Å². The first-order chi connectivity index (χ1) is 4.24. The van der Waals surface area contributed by atoms with Crippen molar-refractivity contribution < 1.29 is 0 Å². The number of hydrogen-bond acceptors (Lipinski definition) is 1. The van der Waals surface area contributed by atoms with Crippen molar-refractivity contribution in [1.29, 1.82) is 0 Å². The molecule has 0 saturated heterocycles. The molecule has 0 spiro atoms. The van der Waals surface area contributed by atoms with Gasteiger partial charge < -0.3 is 0 Å². The van der Waals surface area contributed by atoms with E-state index in [-0.39, 0.29) is 0 Å². The van der Waals surface area contributed by atoms with Crippen molar-refractivity contribution in [2.45, 2.75) is 0 Å². The summed E-state index contributed by atoms with van der Waals surface area (Å²) in [6.45, 7) is 3.50. The van der Waals surface area contributed by atoms with Gasteiger partial charge in [-0.15, -0.1) is 0 Å². The maximum atomic E-state index is 5.64. The molecule has 0 aromatic carbocycles. The van der Waals surface area contributed by atoms with Gasteiger partial charge >= 0.3 is 0 Å². The molecule has 1 rings (SSSR count). The van der Waals surface area contributed by atoms with Crippen LogP contribution in [0.1, 0.15) is 0 Å². The fourth-order valence-corrected chi connectivity index (χ4v) is 1.20. The van der Waals surface area contributed by atoms with Crippen LogP contribution in [0.2, 0.25) is 5.15 Å². The van der Waals surface area contributed by atoms with E-state index < -0.39 is 0 Å². The van der Waals surface area contributed by atoms with E-state index in [1.807, 2.05) is 0 Å². The van der Waals surface area contributed by atoms with Gasteiger partial charge in [0.25, 0.3) is 0 Å². The summed E-state index contributed by atoms with van der Waals surface area (Å²) < 4.78 is 2.19. The van der Waals surface area contributed by atoms with Crippen LogP contribution in [0.3, 0.4) is 0 Å². The first kappa shape index (κ1) is 6.83. The van der Waals surface area contributed by atoms with Crippen LogP contribution >= 0.6 is 27.5 Å². The van der Waals surface area contributed by atoms with Gasteiger partial charge in [-0.3, -0.25) is 0 Å². The summed E-state index contributed by atoms with van der Waals surface area (Å²) in [6.07, 6.45) is 1.53. The van der Waals surface area contributed by atoms with Gasteiger partial charge in [-0.2, -0.15) is 5.10 Å². The quantitative estimate of drug-likeness (QED) is 0.691. The Kier molecular flexibility index (Phi) is 1.93. The summed E-state index contributed by atoms with van der Waals surface area (Å²) in [5.41, 5.74) is 0. The fraction of sp³-hybridized carbons (Fsp3) is 0. The van der Waals surface area contributed by atoms with E-state index >= 15 is 0 Å². The molecule has 0 fully saturated rings. The molecule has 9 heavy (non-hydrogen) atoms. The molecule has 2 nitrogen and oxygen atoms in total. The zero-order chi connectivity index (χ0) is 6.85. The minimum atomic E-state index is 0.553. The Balaban J connectivity index is 3.15. The van der Waals surface area contributed by atoms with Crippen molar-refractivity contribution in [3.05, 3.63) is 22.4 Å². The van der Waals surface area contributed by atoms with Gasteiger partial charge in [-0.05, 0) is 15.9 Å². The third-order valence-corrected chi connectivity index (χ3v) is 1.50. The van der Waals surface area contributed by atoms with Crippen LogP contribution in [-0.4, -0.2) is 9.78 Å². The minimum absolute atomic E-state index is 0.553. The van der Waals surface area contributed by atoms with Gasteiger partial charge in [0.15, 0.2) is 0 Å². The van der Waals surface area contributed by atoms with Crippen LogP contribution < -0.4 is 0 Å². The second-order valence-electron chi connectivity index (χ2n) is 1.42. The lowest BCUT2D eigenvalue weighted by Gasteiger charge is -1.87. The Bertz CT molecular complexity index is 231. The Hall–Kier alpha value is -0.280. The number of aromatic nitrogens is 2. The summed E-state index contributed by atoms with van der Waals surface area (Å²) in [4.78, 5) is 0. The summed E-state index contributed by atoms with van der Waals surface area (Å²) in [5.74, 6) is 0. The zero-order valence-corrected chi connectivity index (χ0v) is 6.85. The molecule has 0 bridgehead atoms. The molecule has 0 aliphatic carbocycles. The summed E-state index contributed by atoms with van der Waals surface area (Å²) in [7, 11) is 0. The third kappa shape index (κ3) is 1.34. The highest BCUT2D eigenvalue weighted by molar-refractivity contribution is 9.10. The molecule has 0 N–H and O–H groups in total. The number of nitrogens with zero attached hydrogens (tertiary/aromatic N) is 2. The predicted octanol–water partition coefficient (Wildman–Crippen LogP) is 2.40.